The van der Waals surface area contributed by atoms with E-state index in [1.807, 2.05) is 78.8 Å². The second kappa shape index (κ2) is 6.01. The molecule has 0 heterocycles. The predicted molar refractivity (Wildman–Crippen MR) is 79.9 cm³/mol. The van der Waals surface area contributed by atoms with E-state index in [4.69, 9.17) is 0 Å². The molecule has 0 aliphatic rings. The van der Waals surface area contributed by atoms with Gasteiger partial charge in [0, 0.05) is 24.5 Å². The molecule has 0 saturated heterocycles. The van der Waals surface area contributed by atoms with E-state index in [1.54, 1.807) is 6.92 Å². The molecule has 2 aromatic rings. The van der Waals surface area contributed by atoms with Gasteiger partial charge in [-0.3, -0.25) is 4.79 Å². The topological polar surface area (TPSA) is 20.3 Å². The highest BCUT2D eigenvalue weighted by Gasteiger charge is 2.08. The molecule has 0 spiro atoms. The summed E-state index contributed by atoms with van der Waals surface area (Å²) in [6.07, 6.45) is 1.88. The van der Waals surface area contributed by atoms with Gasteiger partial charge in [-0.25, -0.2) is 0 Å². The summed E-state index contributed by atoms with van der Waals surface area (Å²) in [6.45, 7) is 1.59. The molecular weight excluding hydrogens is 234 g/mol. The minimum absolute atomic E-state index is 0.0639. The second-order valence-corrected chi connectivity index (χ2v) is 4.41. The largest absolute Gasteiger partial charge is 0.350 e. The highest BCUT2D eigenvalue weighted by Crippen LogP contribution is 2.19. The lowest BCUT2D eigenvalue weighted by atomic mass is 10.0. The van der Waals surface area contributed by atoms with Gasteiger partial charge in [-0.15, -0.1) is 0 Å². The molecule has 19 heavy (non-hydrogen) atoms. The number of Topliss-reactive ketones (excluding diaryl/α,β-unsaturated/α-hetero) is 1. The third kappa shape index (κ3) is 3.32. The van der Waals surface area contributed by atoms with E-state index in [0.29, 0.717) is 5.57 Å². The maximum Gasteiger partial charge on any atom is 0.161 e. The SMILES string of the molecule is CC(=O)/C(=C\N(C)c1ccccc1)c1ccccc1. The molecule has 0 fully saturated rings. The van der Waals surface area contributed by atoms with Crippen LogP contribution in [0, 0.1) is 0 Å². The number of benzene rings is 2. The summed E-state index contributed by atoms with van der Waals surface area (Å²) in [7, 11) is 1.95. The van der Waals surface area contributed by atoms with Gasteiger partial charge in [-0.2, -0.15) is 0 Å². The Morgan fingerprint density at radius 2 is 1.47 bits per heavy atom. The number of ketones is 1. The molecular formula is C17H17NO. The van der Waals surface area contributed by atoms with Crippen LogP contribution in [0.1, 0.15) is 12.5 Å². The highest BCUT2D eigenvalue weighted by molar-refractivity contribution is 6.19. The Morgan fingerprint density at radius 3 is 2.00 bits per heavy atom. The fraction of sp³-hybridized carbons (Fsp3) is 0.118. The van der Waals surface area contributed by atoms with Gasteiger partial charge in [-0.1, -0.05) is 48.5 Å². The van der Waals surface area contributed by atoms with Crippen LogP contribution in [0.2, 0.25) is 0 Å². The Morgan fingerprint density at radius 1 is 0.947 bits per heavy atom. The third-order valence-corrected chi connectivity index (χ3v) is 2.95. The fourth-order valence-electron chi connectivity index (χ4n) is 1.92. The first-order valence-electron chi connectivity index (χ1n) is 6.24. The van der Waals surface area contributed by atoms with E-state index in [2.05, 4.69) is 0 Å². The van der Waals surface area contributed by atoms with Gasteiger partial charge in [0.1, 0.15) is 0 Å². The minimum atomic E-state index is 0.0639. The number of carbonyl (C=O) groups excluding carboxylic acids is 1. The predicted octanol–water partition coefficient (Wildman–Crippen LogP) is 3.75. The molecule has 2 nitrogen and oxygen atoms in total. The Hall–Kier alpha value is -2.35. The number of carbonyl (C=O) groups is 1. The molecule has 0 amide bonds. The fourth-order valence-corrected chi connectivity index (χ4v) is 1.92. The van der Waals surface area contributed by atoms with Crippen LogP contribution in [0.4, 0.5) is 5.69 Å². The van der Waals surface area contributed by atoms with E-state index >= 15 is 0 Å². The van der Waals surface area contributed by atoms with Crippen LogP contribution in [0.15, 0.2) is 66.9 Å². The summed E-state index contributed by atoms with van der Waals surface area (Å²) in [5.74, 6) is 0.0639. The summed E-state index contributed by atoms with van der Waals surface area (Å²) in [5.41, 5.74) is 2.71. The maximum atomic E-state index is 11.8. The lowest BCUT2D eigenvalue weighted by molar-refractivity contribution is -0.111. The number of hydrogen-bond donors (Lipinski definition) is 0. The van der Waals surface area contributed by atoms with Crippen LogP contribution in [-0.4, -0.2) is 12.8 Å². The van der Waals surface area contributed by atoms with Gasteiger partial charge in [-0.05, 0) is 24.6 Å². The molecule has 0 aliphatic carbocycles. The van der Waals surface area contributed by atoms with E-state index in [-0.39, 0.29) is 5.78 Å². The average molecular weight is 251 g/mol. The van der Waals surface area contributed by atoms with Gasteiger partial charge in [0.05, 0.1) is 0 Å². The first kappa shape index (κ1) is 13.1. The quantitative estimate of drug-likeness (QED) is 0.771. The van der Waals surface area contributed by atoms with Gasteiger partial charge >= 0.3 is 0 Å². The third-order valence-electron chi connectivity index (χ3n) is 2.95. The molecule has 0 radical (unpaired) electrons. The zero-order valence-electron chi connectivity index (χ0n) is 11.2. The number of hydrogen-bond acceptors (Lipinski definition) is 2. The maximum absolute atomic E-state index is 11.8. The van der Waals surface area contributed by atoms with Crippen molar-refractivity contribution in [2.24, 2.45) is 0 Å². The summed E-state index contributed by atoms with van der Waals surface area (Å²) < 4.78 is 0. The smallest absolute Gasteiger partial charge is 0.161 e. The summed E-state index contributed by atoms with van der Waals surface area (Å²) in [4.78, 5) is 13.8. The monoisotopic (exact) mass is 251 g/mol. The number of anilines is 1. The van der Waals surface area contributed by atoms with E-state index < -0.39 is 0 Å². The minimum Gasteiger partial charge on any atom is -0.350 e. The van der Waals surface area contributed by atoms with Crippen LogP contribution < -0.4 is 4.90 Å². The normalized spacial score (nSPS) is 11.2. The van der Waals surface area contributed by atoms with E-state index in [1.165, 1.54) is 0 Å². The molecule has 0 N–H and O–H groups in total. The summed E-state index contributed by atoms with van der Waals surface area (Å²) in [5, 5.41) is 0. The Balaban J connectivity index is 2.35. The van der Waals surface area contributed by atoms with Crippen molar-refractivity contribution >= 4 is 17.0 Å². The highest BCUT2D eigenvalue weighted by atomic mass is 16.1. The molecule has 2 aromatic carbocycles. The summed E-state index contributed by atoms with van der Waals surface area (Å²) >= 11 is 0. The van der Waals surface area contributed by atoms with E-state index in [0.717, 1.165) is 11.3 Å². The molecule has 0 aliphatic heterocycles. The van der Waals surface area contributed by atoms with Crippen LogP contribution in [0.3, 0.4) is 0 Å². The van der Waals surface area contributed by atoms with E-state index in [9.17, 15) is 4.79 Å². The Bertz CT molecular complexity index is 573. The standard InChI is InChI=1S/C17H17NO/c1-14(19)17(15-9-5-3-6-10-15)13-18(2)16-11-7-4-8-12-16/h3-13H,1-2H3/b17-13+. The molecule has 96 valence electrons. The molecule has 0 aromatic heterocycles. The van der Waals surface area contributed by atoms with Gasteiger partial charge in [0.2, 0.25) is 0 Å². The van der Waals surface area contributed by atoms with Crippen LogP contribution in [-0.2, 0) is 4.79 Å². The van der Waals surface area contributed by atoms with Crippen molar-refractivity contribution in [1.82, 2.24) is 0 Å². The van der Waals surface area contributed by atoms with Crippen molar-refractivity contribution in [3.05, 3.63) is 72.4 Å². The number of para-hydroxylation sites is 1. The molecule has 2 heteroatoms. The van der Waals surface area contributed by atoms with Crippen molar-refractivity contribution < 1.29 is 4.79 Å². The lowest BCUT2D eigenvalue weighted by Crippen LogP contribution is -2.11. The van der Waals surface area contributed by atoms with Crippen LogP contribution >= 0.6 is 0 Å². The zero-order valence-corrected chi connectivity index (χ0v) is 11.2. The molecule has 2 rings (SSSR count). The van der Waals surface area contributed by atoms with Crippen molar-refractivity contribution in [2.45, 2.75) is 6.92 Å². The van der Waals surface area contributed by atoms with Crippen LogP contribution in [0.5, 0.6) is 0 Å². The molecule has 0 saturated carbocycles. The molecule has 0 bridgehead atoms. The first-order chi connectivity index (χ1) is 9.18. The first-order valence-corrected chi connectivity index (χ1v) is 6.24. The molecule has 0 unspecified atom stereocenters. The molecule has 0 atom stereocenters. The lowest BCUT2D eigenvalue weighted by Gasteiger charge is -2.16. The number of nitrogens with zero attached hydrogens (tertiary/aromatic N) is 1. The number of allylic oxidation sites excluding steroid dienone is 1. The second-order valence-electron chi connectivity index (χ2n) is 4.41. The van der Waals surface area contributed by atoms with Crippen LogP contribution in [0.25, 0.3) is 5.57 Å². The van der Waals surface area contributed by atoms with Crippen molar-refractivity contribution in [1.29, 1.82) is 0 Å². The van der Waals surface area contributed by atoms with Crippen molar-refractivity contribution in [3.63, 3.8) is 0 Å². The van der Waals surface area contributed by atoms with Gasteiger partial charge < -0.3 is 4.90 Å². The average Bonchev–Trinajstić information content (AvgIpc) is 2.46. The zero-order chi connectivity index (χ0) is 13.7. The van der Waals surface area contributed by atoms with Crippen molar-refractivity contribution in [3.8, 4) is 0 Å². The summed E-state index contributed by atoms with van der Waals surface area (Å²) in [6, 6.07) is 19.7. The Kier molecular flexibility index (Phi) is 4.14. The van der Waals surface area contributed by atoms with Gasteiger partial charge in [0.15, 0.2) is 5.78 Å². The van der Waals surface area contributed by atoms with Crippen molar-refractivity contribution in [2.75, 3.05) is 11.9 Å². The Labute approximate surface area is 114 Å². The van der Waals surface area contributed by atoms with Gasteiger partial charge in [0.25, 0.3) is 0 Å². The number of rotatable bonds is 4.